The smallest absolute Gasteiger partial charge is 0.249 e. The molecule has 0 aromatic heterocycles. The number of carbonyl (C=O) groups excluding carboxylic acids is 1. The van der Waals surface area contributed by atoms with Crippen molar-refractivity contribution in [2.45, 2.75) is 13.8 Å². The summed E-state index contributed by atoms with van der Waals surface area (Å²) in [4.78, 5) is 11.1. The number of hydrogen-bond acceptors (Lipinski definition) is 2. The Kier molecular flexibility index (Phi) is 4.06. The number of amides is 1. The molecule has 2 N–H and O–H groups in total. The van der Waals surface area contributed by atoms with E-state index in [0.29, 0.717) is 0 Å². The van der Waals surface area contributed by atoms with E-state index in [1.807, 2.05) is 43.3 Å². The lowest BCUT2D eigenvalue weighted by atomic mass is 10.0. The molecule has 0 aliphatic heterocycles. The normalized spacial score (nSPS) is 13.4. The Labute approximate surface area is 89.4 Å². The molecule has 1 amide bonds. The second-order valence-corrected chi connectivity index (χ2v) is 3.48. The Morgan fingerprint density at radius 2 is 2.00 bits per heavy atom. The van der Waals surface area contributed by atoms with Crippen LogP contribution in [0.15, 0.2) is 36.4 Å². The molecular formula is C12H15NO2. The molecule has 0 saturated heterocycles. The van der Waals surface area contributed by atoms with Crippen molar-refractivity contribution in [3.63, 3.8) is 0 Å². The molecule has 0 spiro atoms. The molecule has 0 aliphatic carbocycles. The largest absolute Gasteiger partial charge is 0.289 e. The van der Waals surface area contributed by atoms with Gasteiger partial charge in [0.1, 0.15) is 0 Å². The average molecular weight is 205 g/mol. The van der Waals surface area contributed by atoms with Crippen LogP contribution in [0.4, 0.5) is 0 Å². The molecule has 15 heavy (non-hydrogen) atoms. The number of hydroxylamine groups is 1. The Hall–Kier alpha value is -1.61. The first kappa shape index (κ1) is 11.5. The Bertz CT molecular complexity index is 357. The summed E-state index contributed by atoms with van der Waals surface area (Å²) in [6, 6.07) is 9.80. The Balaban J connectivity index is 2.80. The summed E-state index contributed by atoms with van der Waals surface area (Å²) in [5.41, 5.74) is 3.74. The zero-order valence-electron chi connectivity index (χ0n) is 8.90. The molecule has 0 aliphatic rings. The third kappa shape index (κ3) is 3.22. The van der Waals surface area contributed by atoms with Gasteiger partial charge in [-0.25, -0.2) is 5.48 Å². The van der Waals surface area contributed by atoms with E-state index in [-0.39, 0.29) is 5.92 Å². The molecule has 3 nitrogen and oxygen atoms in total. The quantitative estimate of drug-likeness (QED) is 0.587. The van der Waals surface area contributed by atoms with Gasteiger partial charge in [-0.15, -0.1) is 0 Å². The van der Waals surface area contributed by atoms with Gasteiger partial charge in [-0.1, -0.05) is 36.4 Å². The molecule has 1 aromatic rings. The lowest BCUT2D eigenvalue weighted by Gasteiger charge is -2.06. The zero-order chi connectivity index (χ0) is 11.3. The van der Waals surface area contributed by atoms with Crippen molar-refractivity contribution >= 4 is 11.5 Å². The third-order valence-electron chi connectivity index (χ3n) is 2.25. The summed E-state index contributed by atoms with van der Waals surface area (Å²) in [7, 11) is 0. The highest BCUT2D eigenvalue weighted by Crippen LogP contribution is 2.15. The summed E-state index contributed by atoms with van der Waals surface area (Å²) in [5, 5.41) is 8.46. The van der Waals surface area contributed by atoms with Gasteiger partial charge in [0, 0.05) is 0 Å². The predicted molar refractivity (Wildman–Crippen MR) is 59.2 cm³/mol. The first-order chi connectivity index (χ1) is 7.15. The van der Waals surface area contributed by atoms with Crippen LogP contribution in [0, 0.1) is 5.92 Å². The third-order valence-corrected chi connectivity index (χ3v) is 2.25. The van der Waals surface area contributed by atoms with E-state index in [4.69, 9.17) is 5.21 Å². The molecule has 0 radical (unpaired) electrons. The van der Waals surface area contributed by atoms with Crippen LogP contribution in [0.5, 0.6) is 0 Å². The van der Waals surface area contributed by atoms with Gasteiger partial charge in [-0.2, -0.15) is 0 Å². The molecule has 0 fully saturated rings. The lowest BCUT2D eigenvalue weighted by molar-refractivity contribution is -0.131. The van der Waals surface area contributed by atoms with E-state index in [9.17, 15) is 4.79 Å². The second kappa shape index (κ2) is 5.32. The van der Waals surface area contributed by atoms with Crippen LogP contribution in [-0.2, 0) is 4.79 Å². The van der Waals surface area contributed by atoms with Gasteiger partial charge < -0.3 is 0 Å². The van der Waals surface area contributed by atoms with Gasteiger partial charge in [-0.05, 0) is 25.0 Å². The molecule has 0 unspecified atom stereocenters. The van der Waals surface area contributed by atoms with Crippen LogP contribution in [0.1, 0.15) is 19.4 Å². The van der Waals surface area contributed by atoms with Crippen molar-refractivity contribution in [1.29, 1.82) is 0 Å². The summed E-state index contributed by atoms with van der Waals surface area (Å²) in [6.07, 6.45) is 1.82. The minimum absolute atomic E-state index is 0.338. The molecule has 1 rings (SSSR count). The van der Waals surface area contributed by atoms with Crippen molar-refractivity contribution in [2.75, 3.05) is 0 Å². The monoisotopic (exact) mass is 205 g/mol. The molecule has 0 saturated carbocycles. The minimum Gasteiger partial charge on any atom is -0.289 e. The molecule has 0 heterocycles. The minimum atomic E-state index is -0.398. The number of allylic oxidation sites excluding steroid dienone is 1. The van der Waals surface area contributed by atoms with Crippen molar-refractivity contribution in [3.8, 4) is 0 Å². The predicted octanol–water partition coefficient (Wildman–Crippen LogP) is 2.23. The first-order valence-corrected chi connectivity index (χ1v) is 4.83. The molecule has 80 valence electrons. The fourth-order valence-electron chi connectivity index (χ4n) is 1.35. The number of rotatable bonds is 3. The van der Waals surface area contributed by atoms with Crippen molar-refractivity contribution < 1.29 is 10.0 Å². The lowest BCUT2D eigenvalue weighted by Crippen LogP contribution is -2.24. The maximum atomic E-state index is 11.1. The summed E-state index contributed by atoms with van der Waals surface area (Å²) < 4.78 is 0. The van der Waals surface area contributed by atoms with Gasteiger partial charge >= 0.3 is 0 Å². The number of benzene rings is 1. The van der Waals surface area contributed by atoms with Gasteiger partial charge in [0.25, 0.3) is 0 Å². The first-order valence-electron chi connectivity index (χ1n) is 4.83. The molecule has 3 heteroatoms. The highest BCUT2D eigenvalue weighted by molar-refractivity contribution is 5.81. The van der Waals surface area contributed by atoms with E-state index in [0.717, 1.165) is 11.1 Å². The summed E-state index contributed by atoms with van der Waals surface area (Å²) in [5.74, 6) is -0.736. The fraction of sp³-hybridized carbons (Fsp3) is 0.250. The number of nitrogens with one attached hydrogen (secondary N) is 1. The van der Waals surface area contributed by atoms with E-state index in [2.05, 4.69) is 0 Å². The van der Waals surface area contributed by atoms with Crippen LogP contribution in [0.25, 0.3) is 5.57 Å². The maximum Gasteiger partial charge on any atom is 0.249 e. The number of carbonyl (C=O) groups is 1. The Morgan fingerprint density at radius 1 is 1.40 bits per heavy atom. The summed E-state index contributed by atoms with van der Waals surface area (Å²) in [6.45, 7) is 3.68. The zero-order valence-corrected chi connectivity index (χ0v) is 8.90. The van der Waals surface area contributed by atoms with Crippen molar-refractivity contribution in [3.05, 3.63) is 42.0 Å². The highest BCUT2D eigenvalue weighted by atomic mass is 16.5. The van der Waals surface area contributed by atoms with E-state index >= 15 is 0 Å². The maximum absolute atomic E-state index is 11.1. The molecule has 0 bridgehead atoms. The summed E-state index contributed by atoms with van der Waals surface area (Å²) >= 11 is 0. The molecule has 1 atom stereocenters. The molecule has 1 aromatic carbocycles. The number of hydrogen-bond donors (Lipinski definition) is 2. The fourth-order valence-corrected chi connectivity index (χ4v) is 1.35. The van der Waals surface area contributed by atoms with E-state index in [1.165, 1.54) is 0 Å². The topological polar surface area (TPSA) is 49.3 Å². The Morgan fingerprint density at radius 3 is 2.53 bits per heavy atom. The molecular weight excluding hydrogens is 190 g/mol. The van der Waals surface area contributed by atoms with Crippen LogP contribution in [-0.4, -0.2) is 11.1 Å². The second-order valence-electron chi connectivity index (χ2n) is 3.48. The van der Waals surface area contributed by atoms with Gasteiger partial charge in [0.15, 0.2) is 0 Å². The van der Waals surface area contributed by atoms with Gasteiger partial charge in [0.05, 0.1) is 5.92 Å². The standard InChI is InChI=1S/C12H15NO2/c1-9(8-10(2)12(14)13-15)11-6-4-3-5-7-11/h3-8,10,15H,1-2H3,(H,13,14)/b9-8+/t10-/m1/s1. The van der Waals surface area contributed by atoms with Crippen LogP contribution >= 0.6 is 0 Å². The van der Waals surface area contributed by atoms with Crippen LogP contribution in [0.3, 0.4) is 0 Å². The van der Waals surface area contributed by atoms with E-state index in [1.54, 1.807) is 12.4 Å². The average Bonchev–Trinajstić information content (AvgIpc) is 2.29. The SMILES string of the molecule is C/C(=C\[C@@H](C)C(=O)NO)c1ccccc1. The van der Waals surface area contributed by atoms with Crippen LogP contribution < -0.4 is 5.48 Å². The van der Waals surface area contributed by atoms with Crippen molar-refractivity contribution in [1.82, 2.24) is 5.48 Å². The van der Waals surface area contributed by atoms with Gasteiger partial charge in [0.2, 0.25) is 5.91 Å². The van der Waals surface area contributed by atoms with Gasteiger partial charge in [-0.3, -0.25) is 10.0 Å². The van der Waals surface area contributed by atoms with E-state index < -0.39 is 5.91 Å². The van der Waals surface area contributed by atoms with Crippen LogP contribution in [0.2, 0.25) is 0 Å². The van der Waals surface area contributed by atoms with Crippen molar-refractivity contribution in [2.24, 2.45) is 5.92 Å². The highest BCUT2D eigenvalue weighted by Gasteiger charge is 2.08.